The van der Waals surface area contributed by atoms with Crippen molar-refractivity contribution in [3.63, 3.8) is 0 Å². The van der Waals surface area contributed by atoms with Crippen LogP contribution < -0.4 is 10.2 Å². The fourth-order valence-corrected chi connectivity index (χ4v) is 3.67. The lowest BCUT2D eigenvalue weighted by molar-refractivity contribution is -0.131. The van der Waals surface area contributed by atoms with Gasteiger partial charge < -0.3 is 15.1 Å². The molecule has 0 aliphatic carbocycles. The number of amides is 2. The number of benzene rings is 2. The smallest absolute Gasteiger partial charge is 0.251 e. The number of aryl methyl sites for hydroxylation is 1. The first-order valence-electron chi connectivity index (χ1n) is 10.6. The quantitative estimate of drug-likeness (QED) is 0.697. The molecule has 0 saturated carbocycles. The minimum atomic E-state index is -0.0341. The van der Waals surface area contributed by atoms with E-state index in [-0.39, 0.29) is 11.8 Å². The summed E-state index contributed by atoms with van der Waals surface area (Å²) >= 11 is 0. The van der Waals surface area contributed by atoms with Gasteiger partial charge in [0.2, 0.25) is 5.91 Å². The van der Waals surface area contributed by atoms with Gasteiger partial charge in [-0.25, -0.2) is 0 Å². The summed E-state index contributed by atoms with van der Waals surface area (Å²) in [5.74, 6) is 0.218. The Hall–Kier alpha value is -2.82. The van der Waals surface area contributed by atoms with Gasteiger partial charge in [-0.2, -0.15) is 0 Å². The number of nitrogens with one attached hydrogen (secondary N) is 1. The van der Waals surface area contributed by atoms with Gasteiger partial charge in [0.15, 0.2) is 0 Å². The normalized spacial score (nSPS) is 14.0. The molecule has 2 amide bonds. The van der Waals surface area contributed by atoms with Crippen LogP contribution in [0, 0.1) is 6.92 Å². The summed E-state index contributed by atoms with van der Waals surface area (Å²) in [6.45, 7) is 6.12. The number of nitrogens with zero attached hydrogens (tertiary/aromatic N) is 2. The van der Waals surface area contributed by atoms with E-state index in [4.69, 9.17) is 0 Å². The van der Waals surface area contributed by atoms with Crippen molar-refractivity contribution in [2.24, 2.45) is 0 Å². The van der Waals surface area contributed by atoms with Crippen LogP contribution in [0.3, 0.4) is 0 Å². The third-order valence-corrected chi connectivity index (χ3v) is 5.39. The lowest BCUT2D eigenvalue weighted by atomic mass is 10.1. The Balaban J connectivity index is 1.28. The molecule has 1 aliphatic heterocycles. The van der Waals surface area contributed by atoms with E-state index in [0.717, 1.165) is 45.4 Å². The van der Waals surface area contributed by atoms with Gasteiger partial charge in [0, 0.05) is 50.4 Å². The molecule has 29 heavy (non-hydrogen) atoms. The van der Waals surface area contributed by atoms with Gasteiger partial charge in [-0.05, 0) is 49.6 Å². The molecule has 3 rings (SSSR count). The molecular weight excluding hydrogens is 362 g/mol. The highest BCUT2D eigenvalue weighted by molar-refractivity contribution is 5.94. The SMILES string of the molecule is Cc1cccc(N2CCN(C(=O)CCCCCNC(=O)c3ccccc3)CC2)c1. The Morgan fingerprint density at radius 2 is 1.66 bits per heavy atom. The van der Waals surface area contributed by atoms with Crippen LogP contribution in [0.2, 0.25) is 0 Å². The van der Waals surface area contributed by atoms with E-state index in [2.05, 4.69) is 41.4 Å². The average molecular weight is 394 g/mol. The van der Waals surface area contributed by atoms with Gasteiger partial charge in [0.1, 0.15) is 0 Å². The van der Waals surface area contributed by atoms with Gasteiger partial charge >= 0.3 is 0 Å². The monoisotopic (exact) mass is 393 g/mol. The van der Waals surface area contributed by atoms with E-state index >= 15 is 0 Å². The van der Waals surface area contributed by atoms with E-state index < -0.39 is 0 Å². The molecule has 0 atom stereocenters. The van der Waals surface area contributed by atoms with Crippen LogP contribution in [0.1, 0.15) is 41.6 Å². The highest BCUT2D eigenvalue weighted by Gasteiger charge is 2.20. The number of carbonyl (C=O) groups is 2. The van der Waals surface area contributed by atoms with Gasteiger partial charge in [0.05, 0.1) is 0 Å². The molecule has 2 aromatic rings. The van der Waals surface area contributed by atoms with E-state index in [0.29, 0.717) is 18.5 Å². The van der Waals surface area contributed by atoms with Crippen molar-refractivity contribution in [2.45, 2.75) is 32.6 Å². The number of anilines is 1. The highest BCUT2D eigenvalue weighted by Crippen LogP contribution is 2.18. The number of piperazine rings is 1. The summed E-state index contributed by atoms with van der Waals surface area (Å²) in [6, 6.07) is 17.8. The number of rotatable bonds is 8. The number of unbranched alkanes of at least 4 members (excludes halogenated alkanes) is 2. The van der Waals surface area contributed by atoms with Crippen LogP contribution in [0.4, 0.5) is 5.69 Å². The molecule has 0 spiro atoms. The largest absolute Gasteiger partial charge is 0.368 e. The van der Waals surface area contributed by atoms with Crippen molar-refractivity contribution in [3.8, 4) is 0 Å². The van der Waals surface area contributed by atoms with Crippen molar-refractivity contribution in [1.29, 1.82) is 0 Å². The first kappa shape index (κ1) is 20.9. The number of hydrogen-bond acceptors (Lipinski definition) is 3. The lowest BCUT2D eigenvalue weighted by Gasteiger charge is -2.36. The molecule has 0 unspecified atom stereocenters. The maximum absolute atomic E-state index is 12.5. The molecule has 0 radical (unpaired) electrons. The maximum atomic E-state index is 12.5. The Morgan fingerprint density at radius 1 is 0.897 bits per heavy atom. The average Bonchev–Trinajstić information content (AvgIpc) is 2.76. The van der Waals surface area contributed by atoms with E-state index in [1.165, 1.54) is 11.3 Å². The van der Waals surface area contributed by atoms with Gasteiger partial charge in [-0.15, -0.1) is 0 Å². The number of hydrogen-bond donors (Lipinski definition) is 1. The fourth-order valence-electron chi connectivity index (χ4n) is 3.67. The zero-order valence-corrected chi connectivity index (χ0v) is 17.3. The molecule has 5 heteroatoms. The fraction of sp³-hybridized carbons (Fsp3) is 0.417. The van der Waals surface area contributed by atoms with Crippen LogP contribution in [0.5, 0.6) is 0 Å². The van der Waals surface area contributed by atoms with Crippen molar-refractivity contribution in [1.82, 2.24) is 10.2 Å². The third kappa shape index (κ3) is 6.34. The first-order valence-corrected chi connectivity index (χ1v) is 10.6. The Kier molecular flexibility index (Phi) is 7.68. The summed E-state index contributed by atoms with van der Waals surface area (Å²) in [5, 5.41) is 2.93. The van der Waals surface area contributed by atoms with Crippen molar-refractivity contribution >= 4 is 17.5 Å². The standard InChI is InChI=1S/C24H31N3O2/c1-20-9-8-12-22(19-20)26-15-17-27(18-16-26)23(28)13-6-3-7-14-25-24(29)21-10-4-2-5-11-21/h2,4-5,8-12,19H,3,6-7,13-18H2,1H3,(H,25,29). The maximum Gasteiger partial charge on any atom is 0.251 e. The number of carbonyl (C=O) groups excluding carboxylic acids is 2. The summed E-state index contributed by atoms with van der Waals surface area (Å²) in [5.41, 5.74) is 3.20. The zero-order chi connectivity index (χ0) is 20.5. The second-order valence-electron chi connectivity index (χ2n) is 7.64. The first-order chi connectivity index (χ1) is 14.1. The van der Waals surface area contributed by atoms with E-state index in [9.17, 15) is 9.59 Å². The van der Waals surface area contributed by atoms with Gasteiger partial charge in [0.25, 0.3) is 5.91 Å². The molecular formula is C24H31N3O2. The molecule has 1 saturated heterocycles. The van der Waals surface area contributed by atoms with Crippen molar-refractivity contribution < 1.29 is 9.59 Å². The predicted octanol–water partition coefficient (Wildman–Crippen LogP) is 3.63. The molecule has 154 valence electrons. The van der Waals surface area contributed by atoms with Crippen LogP contribution in [0.15, 0.2) is 54.6 Å². The minimum Gasteiger partial charge on any atom is -0.368 e. The topological polar surface area (TPSA) is 52.6 Å². The molecule has 1 fully saturated rings. The Morgan fingerprint density at radius 3 is 2.38 bits per heavy atom. The lowest BCUT2D eigenvalue weighted by Crippen LogP contribution is -2.48. The van der Waals surface area contributed by atoms with Crippen LogP contribution in [-0.4, -0.2) is 49.4 Å². The van der Waals surface area contributed by atoms with Gasteiger partial charge in [-0.1, -0.05) is 36.8 Å². The molecule has 1 N–H and O–H groups in total. The van der Waals surface area contributed by atoms with E-state index in [1.807, 2.05) is 35.2 Å². The summed E-state index contributed by atoms with van der Waals surface area (Å²) < 4.78 is 0. The van der Waals surface area contributed by atoms with Crippen molar-refractivity contribution in [3.05, 3.63) is 65.7 Å². The van der Waals surface area contributed by atoms with Crippen LogP contribution in [0.25, 0.3) is 0 Å². The Bertz CT molecular complexity index is 799. The summed E-state index contributed by atoms with van der Waals surface area (Å²) in [7, 11) is 0. The summed E-state index contributed by atoms with van der Waals surface area (Å²) in [6.07, 6.45) is 3.31. The van der Waals surface area contributed by atoms with Crippen LogP contribution >= 0.6 is 0 Å². The molecule has 0 bridgehead atoms. The molecule has 0 aromatic heterocycles. The summed E-state index contributed by atoms with van der Waals surface area (Å²) in [4.78, 5) is 28.8. The van der Waals surface area contributed by atoms with Crippen LogP contribution in [-0.2, 0) is 4.79 Å². The second kappa shape index (κ2) is 10.6. The van der Waals surface area contributed by atoms with Gasteiger partial charge in [-0.3, -0.25) is 9.59 Å². The molecule has 1 heterocycles. The molecule has 1 aliphatic rings. The van der Waals surface area contributed by atoms with E-state index in [1.54, 1.807) is 0 Å². The Labute approximate surface area is 173 Å². The highest BCUT2D eigenvalue weighted by atomic mass is 16.2. The van der Waals surface area contributed by atoms with Crippen molar-refractivity contribution in [2.75, 3.05) is 37.6 Å². The third-order valence-electron chi connectivity index (χ3n) is 5.39. The predicted molar refractivity (Wildman–Crippen MR) is 117 cm³/mol. The molecule has 2 aromatic carbocycles. The zero-order valence-electron chi connectivity index (χ0n) is 17.3. The minimum absolute atomic E-state index is 0.0341. The second-order valence-corrected chi connectivity index (χ2v) is 7.64. The molecule has 5 nitrogen and oxygen atoms in total.